The Morgan fingerprint density at radius 1 is 0.973 bits per heavy atom. The second-order valence-corrected chi connectivity index (χ2v) is 9.51. The Labute approximate surface area is 215 Å². The number of rotatable bonds is 6. The second-order valence-electron chi connectivity index (χ2n) is 9.51. The lowest BCUT2D eigenvalue weighted by atomic mass is 9.92. The zero-order valence-corrected chi connectivity index (χ0v) is 20.8. The van der Waals surface area contributed by atoms with Gasteiger partial charge in [-0.25, -0.2) is 4.39 Å². The van der Waals surface area contributed by atoms with Gasteiger partial charge in [-0.15, -0.1) is 0 Å². The van der Waals surface area contributed by atoms with Crippen LogP contribution >= 0.6 is 0 Å². The zero-order valence-electron chi connectivity index (χ0n) is 20.8. The number of carbonyl (C=O) groups is 1. The van der Waals surface area contributed by atoms with E-state index in [-0.39, 0.29) is 11.6 Å². The van der Waals surface area contributed by atoms with Crippen LogP contribution in [-0.4, -0.2) is 25.0 Å². The third kappa shape index (κ3) is 4.20. The van der Waals surface area contributed by atoms with Crippen molar-refractivity contribution < 1.29 is 18.7 Å². The molecular formula is C32H26FNO3. The fourth-order valence-corrected chi connectivity index (χ4v) is 5.14. The average Bonchev–Trinajstić information content (AvgIpc) is 3.73. The molecule has 5 heteroatoms. The molecule has 1 saturated carbocycles. The Balaban J connectivity index is 1.44. The molecule has 0 N–H and O–H groups in total. The molecule has 1 fully saturated rings. The van der Waals surface area contributed by atoms with Crippen molar-refractivity contribution >= 4 is 22.8 Å². The van der Waals surface area contributed by atoms with E-state index in [1.54, 1.807) is 20.3 Å². The van der Waals surface area contributed by atoms with Crippen LogP contribution in [0.2, 0.25) is 0 Å². The number of benzene rings is 3. The van der Waals surface area contributed by atoms with Crippen molar-refractivity contribution in [3.8, 4) is 22.6 Å². The van der Waals surface area contributed by atoms with Crippen LogP contribution in [0.4, 0.5) is 4.39 Å². The van der Waals surface area contributed by atoms with E-state index in [1.807, 2.05) is 48.6 Å². The Morgan fingerprint density at radius 2 is 1.70 bits per heavy atom. The van der Waals surface area contributed by atoms with Crippen LogP contribution in [0, 0.1) is 5.82 Å². The molecule has 0 amide bonds. The fraction of sp³-hybridized carbons (Fsp3) is 0.188. The number of ether oxygens (including phenoxy) is 2. The van der Waals surface area contributed by atoms with Gasteiger partial charge in [0.25, 0.3) is 0 Å². The largest absolute Gasteiger partial charge is 0.493 e. The SMILES string of the molecule is COc1cc2c(cc1OC)C(=O)/C(=C/C=C/c1c(C3CC3)nc3ccccc3c1-c1ccc(F)cc1)C2. The summed E-state index contributed by atoms with van der Waals surface area (Å²) in [6.45, 7) is 0. The molecule has 0 unspecified atom stereocenters. The van der Waals surface area contributed by atoms with Crippen LogP contribution < -0.4 is 9.47 Å². The smallest absolute Gasteiger partial charge is 0.189 e. The fourth-order valence-electron chi connectivity index (χ4n) is 5.14. The summed E-state index contributed by atoms with van der Waals surface area (Å²) in [5, 5.41) is 1.02. The summed E-state index contributed by atoms with van der Waals surface area (Å²) >= 11 is 0. The lowest BCUT2D eigenvalue weighted by molar-refractivity contribution is 0.103. The molecule has 184 valence electrons. The average molecular weight is 492 g/mol. The first kappa shape index (κ1) is 23.2. The third-order valence-corrected chi connectivity index (χ3v) is 7.14. The monoisotopic (exact) mass is 491 g/mol. The Morgan fingerprint density at radius 3 is 2.43 bits per heavy atom. The Bertz CT molecular complexity index is 1600. The van der Waals surface area contributed by atoms with Gasteiger partial charge in [0.1, 0.15) is 5.82 Å². The summed E-state index contributed by atoms with van der Waals surface area (Å²) in [6, 6.07) is 18.3. The quantitative estimate of drug-likeness (QED) is 0.265. The number of aromatic nitrogens is 1. The van der Waals surface area contributed by atoms with E-state index in [1.165, 1.54) is 12.1 Å². The summed E-state index contributed by atoms with van der Waals surface area (Å²) in [7, 11) is 3.16. The van der Waals surface area contributed by atoms with E-state index in [4.69, 9.17) is 14.5 Å². The van der Waals surface area contributed by atoms with Crippen molar-refractivity contribution in [1.29, 1.82) is 0 Å². The number of Topliss-reactive ketones (excluding diaryl/α,β-unsaturated/α-hetero) is 1. The number of pyridine rings is 1. The summed E-state index contributed by atoms with van der Waals surface area (Å²) in [4.78, 5) is 18.2. The minimum Gasteiger partial charge on any atom is -0.493 e. The van der Waals surface area contributed by atoms with Crippen molar-refractivity contribution in [1.82, 2.24) is 4.98 Å². The number of ketones is 1. The van der Waals surface area contributed by atoms with E-state index in [9.17, 15) is 9.18 Å². The highest BCUT2D eigenvalue weighted by molar-refractivity contribution is 6.13. The van der Waals surface area contributed by atoms with Gasteiger partial charge in [-0.3, -0.25) is 9.78 Å². The molecule has 1 heterocycles. The molecule has 0 bridgehead atoms. The van der Waals surface area contributed by atoms with Gasteiger partial charge in [0.05, 0.1) is 25.4 Å². The van der Waals surface area contributed by atoms with Gasteiger partial charge in [-0.05, 0) is 54.3 Å². The number of methoxy groups -OCH3 is 2. The second kappa shape index (κ2) is 9.32. The molecule has 2 aliphatic rings. The Kier molecular flexibility index (Phi) is 5.84. The number of nitrogens with zero attached hydrogens (tertiary/aromatic N) is 1. The van der Waals surface area contributed by atoms with Gasteiger partial charge in [0, 0.05) is 40.0 Å². The Hall–Kier alpha value is -4.25. The van der Waals surface area contributed by atoms with Crippen molar-refractivity contribution in [3.05, 3.63) is 107 Å². The van der Waals surface area contributed by atoms with E-state index < -0.39 is 0 Å². The van der Waals surface area contributed by atoms with E-state index in [0.29, 0.717) is 35.0 Å². The molecule has 0 atom stereocenters. The van der Waals surface area contributed by atoms with Crippen LogP contribution in [-0.2, 0) is 6.42 Å². The molecule has 2 aliphatic carbocycles. The third-order valence-electron chi connectivity index (χ3n) is 7.14. The van der Waals surface area contributed by atoms with Gasteiger partial charge in [0.15, 0.2) is 17.3 Å². The first-order valence-electron chi connectivity index (χ1n) is 12.4. The van der Waals surface area contributed by atoms with Crippen molar-refractivity contribution in [2.75, 3.05) is 14.2 Å². The maximum absolute atomic E-state index is 13.8. The molecule has 0 spiro atoms. The normalized spacial score (nSPS) is 16.1. The number of fused-ring (bicyclic) bond motifs is 2. The number of carbonyl (C=O) groups excluding carboxylic acids is 1. The highest BCUT2D eigenvalue weighted by Gasteiger charge is 2.30. The maximum Gasteiger partial charge on any atom is 0.189 e. The summed E-state index contributed by atoms with van der Waals surface area (Å²) in [5.41, 5.74) is 7.29. The first-order valence-corrected chi connectivity index (χ1v) is 12.4. The van der Waals surface area contributed by atoms with Gasteiger partial charge in [-0.2, -0.15) is 0 Å². The predicted molar refractivity (Wildman–Crippen MR) is 144 cm³/mol. The molecule has 6 rings (SSSR count). The number of para-hydroxylation sites is 1. The number of allylic oxidation sites excluding steroid dienone is 3. The van der Waals surface area contributed by atoms with Gasteiger partial charge >= 0.3 is 0 Å². The number of hydrogen-bond acceptors (Lipinski definition) is 4. The lowest BCUT2D eigenvalue weighted by Crippen LogP contribution is -1.98. The number of hydrogen-bond donors (Lipinski definition) is 0. The minimum absolute atomic E-state index is 0.00147. The zero-order chi connectivity index (χ0) is 25.5. The van der Waals surface area contributed by atoms with Crippen molar-refractivity contribution in [2.45, 2.75) is 25.2 Å². The van der Waals surface area contributed by atoms with Gasteiger partial charge in [0.2, 0.25) is 0 Å². The van der Waals surface area contributed by atoms with E-state index in [0.717, 1.165) is 51.7 Å². The predicted octanol–water partition coefficient (Wildman–Crippen LogP) is 7.31. The van der Waals surface area contributed by atoms with Crippen LogP contribution in [0.5, 0.6) is 11.5 Å². The highest BCUT2D eigenvalue weighted by atomic mass is 19.1. The standard InChI is InChI=1S/C32H26FNO3/c1-36-28-17-22-16-21(32(35)26(22)18-29(28)37-2)6-5-8-25-30(19-12-14-23(33)15-13-19)24-7-3-4-9-27(24)34-31(25)20-10-11-20/h3-9,12-15,17-18,20H,10-11,16H2,1-2H3/b8-5+,21-6+. The summed E-state index contributed by atoms with van der Waals surface area (Å²) < 4.78 is 24.6. The molecule has 1 aromatic heterocycles. The van der Waals surface area contributed by atoms with E-state index in [2.05, 4.69) is 12.1 Å². The van der Waals surface area contributed by atoms with Crippen LogP contribution in [0.3, 0.4) is 0 Å². The molecule has 4 nitrogen and oxygen atoms in total. The van der Waals surface area contributed by atoms with Crippen molar-refractivity contribution in [2.24, 2.45) is 0 Å². The first-order chi connectivity index (χ1) is 18.1. The number of halogens is 1. The van der Waals surface area contributed by atoms with Gasteiger partial charge in [-0.1, -0.05) is 48.6 Å². The molecule has 4 aromatic rings. The molecule has 0 aliphatic heterocycles. The van der Waals surface area contributed by atoms with Crippen LogP contribution in [0.1, 0.15) is 45.9 Å². The van der Waals surface area contributed by atoms with Crippen molar-refractivity contribution in [3.63, 3.8) is 0 Å². The summed E-state index contributed by atoms with van der Waals surface area (Å²) in [6.07, 6.45) is 8.63. The molecular weight excluding hydrogens is 465 g/mol. The van der Waals surface area contributed by atoms with Crippen LogP contribution in [0.25, 0.3) is 28.1 Å². The highest BCUT2D eigenvalue weighted by Crippen LogP contribution is 2.45. The van der Waals surface area contributed by atoms with Crippen LogP contribution in [0.15, 0.2) is 78.4 Å². The topological polar surface area (TPSA) is 48.4 Å². The molecule has 3 aromatic carbocycles. The molecule has 37 heavy (non-hydrogen) atoms. The minimum atomic E-state index is -0.265. The van der Waals surface area contributed by atoms with E-state index >= 15 is 0 Å². The molecule has 0 saturated heterocycles. The summed E-state index contributed by atoms with van der Waals surface area (Å²) in [5.74, 6) is 1.31. The van der Waals surface area contributed by atoms with Gasteiger partial charge < -0.3 is 9.47 Å². The lowest BCUT2D eigenvalue weighted by Gasteiger charge is -2.15. The maximum atomic E-state index is 13.8. The molecule has 0 radical (unpaired) electrons.